The van der Waals surface area contributed by atoms with Crippen LogP contribution in [0.4, 0.5) is 0 Å². The van der Waals surface area contributed by atoms with Gasteiger partial charge in [0.05, 0.1) is 0 Å². The molecule has 5 unspecified atom stereocenters. The lowest BCUT2D eigenvalue weighted by Gasteiger charge is -2.41. The smallest absolute Gasteiger partial charge is 0.0204 e. The molecule has 0 heteroatoms. The molecule has 3 saturated carbocycles. The van der Waals surface area contributed by atoms with Crippen molar-refractivity contribution in [2.24, 2.45) is 29.1 Å². The molecule has 31 heavy (non-hydrogen) atoms. The van der Waals surface area contributed by atoms with Crippen LogP contribution in [0.5, 0.6) is 0 Å². The molecule has 1 spiro atoms. The normalized spacial score (nSPS) is 31.9. The SMILES string of the molecule is CCCCCCCCCCCCCCCCCC1CCC2CCCC3C(CCC)C23C1. The Labute approximate surface area is 197 Å². The summed E-state index contributed by atoms with van der Waals surface area (Å²) >= 11 is 0. The highest BCUT2D eigenvalue weighted by molar-refractivity contribution is 5.16. The second-order valence-corrected chi connectivity index (χ2v) is 12.1. The Balaban J connectivity index is 1.13. The lowest BCUT2D eigenvalue weighted by molar-refractivity contribution is 0.0934. The van der Waals surface area contributed by atoms with Gasteiger partial charge in [-0.05, 0) is 61.2 Å². The van der Waals surface area contributed by atoms with Gasteiger partial charge in [-0.1, -0.05) is 136 Å². The van der Waals surface area contributed by atoms with Crippen LogP contribution < -0.4 is 0 Å². The minimum Gasteiger partial charge on any atom is -0.0654 e. The summed E-state index contributed by atoms with van der Waals surface area (Å²) in [5.41, 5.74) is 0.868. The third-order valence-electron chi connectivity index (χ3n) is 9.97. The molecule has 3 aliphatic rings. The molecule has 0 aromatic heterocycles. The van der Waals surface area contributed by atoms with Crippen LogP contribution >= 0.6 is 0 Å². The van der Waals surface area contributed by atoms with Gasteiger partial charge in [-0.3, -0.25) is 0 Å². The van der Waals surface area contributed by atoms with Crippen molar-refractivity contribution < 1.29 is 0 Å². The molecule has 182 valence electrons. The van der Waals surface area contributed by atoms with Crippen molar-refractivity contribution in [3.63, 3.8) is 0 Å². The highest BCUT2D eigenvalue weighted by Gasteiger charge is 2.68. The first-order valence-corrected chi connectivity index (χ1v) is 15.3. The average molecular weight is 431 g/mol. The Morgan fingerprint density at radius 2 is 1.13 bits per heavy atom. The van der Waals surface area contributed by atoms with E-state index in [1.165, 1.54) is 103 Å². The first kappa shape index (κ1) is 25.6. The average Bonchev–Trinajstić information content (AvgIpc) is 3.41. The van der Waals surface area contributed by atoms with Gasteiger partial charge < -0.3 is 0 Å². The Morgan fingerprint density at radius 1 is 0.548 bits per heavy atom. The maximum absolute atomic E-state index is 2.42. The van der Waals surface area contributed by atoms with Crippen molar-refractivity contribution in [3.8, 4) is 0 Å². The first-order chi connectivity index (χ1) is 15.3. The van der Waals surface area contributed by atoms with Crippen LogP contribution in [0.3, 0.4) is 0 Å². The molecule has 0 bridgehead atoms. The molecule has 0 N–H and O–H groups in total. The molecular weight excluding hydrogens is 372 g/mol. The fraction of sp³-hybridized carbons (Fsp3) is 1.00. The Morgan fingerprint density at radius 3 is 1.71 bits per heavy atom. The van der Waals surface area contributed by atoms with Gasteiger partial charge in [0.25, 0.3) is 0 Å². The number of unbranched alkanes of at least 4 members (excludes halogenated alkanes) is 14. The van der Waals surface area contributed by atoms with Gasteiger partial charge in [0.2, 0.25) is 0 Å². The van der Waals surface area contributed by atoms with Gasteiger partial charge in [-0.25, -0.2) is 0 Å². The summed E-state index contributed by atoms with van der Waals surface area (Å²) in [5.74, 6) is 4.55. The van der Waals surface area contributed by atoms with E-state index >= 15 is 0 Å². The summed E-state index contributed by atoms with van der Waals surface area (Å²) in [5, 5.41) is 0. The Hall–Kier alpha value is 0. The number of hydrogen-bond donors (Lipinski definition) is 0. The van der Waals surface area contributed by atoms with E-state index in [-0.39, 0.29) is 0 Å². The molecular formula is C31H58. The first-order valence-electron chi connectivity index (χ1n) is 15.3. The summed E-state index contributed by atoms with van der Waals surface area (Å²) in [7, 11) is 0. The van der Waals surface area contributed by atoms with E-state index in [0.29, 0.717) is 0 Å². The van der Waals surface area contributed by atoms with Crippen molar-refractivity contribution in [3.05, 3.63) is 0 Å². The van der Waals surface area contributed by atoms with Crippen LogP contribution in [-0.2, 0) is 0 Å². The van der Waals surface area contributed by atoms with Gasteiger partial charge in [-0.15, -0.1) is 0 Å². The van der Waals surface area contributed by atoms with Crippen LogP contribution in [0.1, 0.15) is 168 Å². The van der Waals surface area contributed by atoms with Crippen molar-refractivity contribution in [2.45, 2.75) is 168 Å². The van der Waals surface area contributed by atoms with E-state index in [1.54, 1.807) is 51.4 Å². The maximum Gasteiger partial charge on any atom is -0.0204 e. The van der Waals surface area contributed by atoms with E-state index in [4.69, 9.17) is 0 Å². The van der Waals surface area contributed by atoms with Gasteiger partial charge in [0, 0.05) is 0 Å². The van der Waals surface area contributed by atoms with Crippen LogP contribution in [0, 0.1) is 29.1 Å². The lowest BCUT2D eigenvalue weighted by Crippen LogP contribution is -2.31. The highest BCUT2D eigenvalue weighted by Crippen LogP contribution is 2.75. The molecule has 0 aromatic carbocycles. The summed E-state index contributed by atoms with van der Waals surface area (Å²) in [4.78, 5) is 0. The Bertz CT molecular complexity index is 453. The standard InChI is InChI=1S/C31H58/c1-3-5-6-7-8-9-10-11-12-13-14-15-16-17-18-21-27-24-25-28-22-19-23-30-29(20-4-2)31(28,30)26-27/h27-30H,3-26H2,1-2H3. The Kier molecular flexibility index (Phi) is 11.8. The lowest BCUT2D eigenvalue weighted by atomic mass is 9.64. The van der Waals surface area contributed by atoms with Crippen LogP contribution in [0.15, 0.2) is 0 Å². The summed E-state index contributed by atoms with van der Waals surface area (Å²) < 4.78 is 0. The minimum absolute atomic E-state index is 0.868. The van der Waals surface area contributed by atoms with E-state index < -0.39 is 0 Å². The van der Waals surface area contributed by atoms with E-state index in [0.717, 1.165) is 29.1 Å². The second-order valence-electron chi connectivity index (χ2n) is 12.1. The quantitative estimate of drug-likeness (QED) is 0.190. The molecule has 0 aromatic rings. The van der Waals surface area contributed by atoms with E-state index in [9.17, 15) is 0 Å². The predicted molar refractivity (Wildman–Crippen MR) is 139 cm³/mol. The fourth-order valence-corrected chi connectivity index (χ4v) is 8.31. The zero-order chi connectivity index (χ0) is 21.8. The molecule has 0 aliphatic heterocycles. The van der Waals surface area contributed by atoms with Crippen molar-refractivity contribution >= 4 is 0 Å². The van der Waals surface area contributed by atoms with Gasteiger partial charge in [0.15, 0.2) is 0 Å². The third-order valence-corrected chi connectivity index (χ3v) is 9.97. The van der Waals surface area contributed by atoms with Gasteiger partial charge in [0.1, 0.15) is 0 Å². The largest absolute Gasteiger partial charge is 0.0654 e. The van der Waals surface area contributed by atoms with Crippen LogP contribution in [0.25, 0.3) is 0 Å². The van der Waals surface area contributed by atoms with E-state index in [1.807, 2.05) is 0 Å². The fourth-order valence-electron chi connectivity index (χ4n) is 8.31. The summed E-state index contributed by atoms with van der Waals surface area (Å²) in [6.07, 6.45) is 36.4. The molecule has 0 nitrogen and oxygen atoms in total. The van der Waals surface area contributed by atoms with Gasteiger partial charge in [-0.2, -0.15) is 0 Å². The topological polar surface area (TPSA) is 0 Å². The van der Waals surface area contributed by atoms with Crippen molar-refractivity contribution in [1.29, 1.82) is 0 Å². The van der Waals surface area contributed by atoms with Crippen LogP contribution in [-0.4, -0.2) is 0 Å². The zero-order valence-corrected chi connectivity index (χ0v) is 21.8. The highest BCUT2D eigenvalue weighted by atomic mass is 14.7. The molecule has 0 saturated heterocycles. The molecule has 3 fully saturated rings. The monoisotopic (exact) mass is 430 g/mol. The van der Waals surface area contributed by atoms with E-state index in [2.05, 4.69) is 13.8 Å². The summed E-state index contributed by atoms with van der Waals surface area (Å²) in [6.45, 7) is 4.73. The molecule has 0 heterocycles. The maximum atomic E-state index is 2.42. The van der Waals surface area contributed by atoms with Crippen LogP contribution in [0.2, 0.25) is 0 Å². The third kappa shape index (κ3) is 7.50. The number of rotatable bonds is 18. The zero-order valence-electron chi connectivity index (χ0n) is 21.8. The number of hydrogen-bond acceptors (Lipinski definition) is 0. The predicted octanol–water partition coefficient (Wildman–Crippen LogP) is 10.9. The molecule has 0 amide bonds. The van der Waals surface area contributed by atoms with Gasteiger partial charge >= 0.3 is 0 Å². The molecule has 3 rings (SSSR count). The second kappa shape index (κ2) is 14.3. The molecule has 3 aliphatic carbocycles. The van der Waals surface area contributed by atoms with Crippen molar-refractivity contribution in [2.75, 3.05) is 0 Å². The minimum atomic E-state index is 0.868. The summed E-state index contributed by atoms with van der Waals surface area (Å²) in [6, 6.07) is 0. The van der Waals surface area contributed by atoms with Crippen molar-refractivity contribution in [1.82, 2.24) is 0 Å². The molecule has 5 atom stereocenters. The molecule has 0 radical (unpaired) electrons.